The van der Waals surface area contributed by atoms with Crippen molar-refractivity contribution < 1.29 is 0 Å². The Balaban J connectivity index is 2.13. The normalized spacial score (nSPS) is 11.8. The molecular formula is C17H17N. The van der Waals surface area contributed by atoms with Gasteiger partial charge in [-0.3, -0.25) is 5.32 Å². The minimum Gasteiger partial charge on any atom is -0.300 e. The van der Waals surface area contributed by atoms with E-state index in [1.807, 2.05) is 6.07 Å². The number of nitrogens with one attached hydrogen (secondary N) is 1. The zero-order valence-corrected chi connectivity index (χ0v) is 10.6. The molecule has 0 amide bonds. The fourth-order valence-electron chi connectivity index (χ4n) is 1.92. The Bertz CT molecular complexity index is 520. The third kappa shape index (κ3) is 3.00. The van der Waals surface area contributed by atoms with Gasteiger partial charge < -0.3 is 0 Å². The monoisotopic (exact) mass is 235 g/mol. The molecule has 1 atom stereocenters. The molecule has 1 heteroatoms. The standard InChI is InChI=1S/C17H17N/c1-3-13-18-14(2)15-9-11-17(12-10-15)16-7-5-4-6-8-16/h1,4-12,14,18H,13H2,2H3. The highest BCUT2D eigenvalue weighted by Crippen LogP contribution is 2.21. The molecule has 0 aliphatic carbocycles. The second-order valence-electron chi connectivity index (χ2n) is 4.29. The minimum absolute atomic E-state index is 0.283. The van der Waals surface area contributed by atoms with Crippen molar-refractivity contribution in [2.75, 3.05) is 6.54 Å². The molecule has 0 bridgehead atoms. The van der Waals surface area contributed by atoms with E-state index in [1.54, 1.807) is 0 Å². The quantitative estimate of drug-likeness (QED) is 0.798. The van der Waals surface area contributed by atoms with Gasteiger partial charge in [-0.2, -0.15) is 0 Å². The fourth-order valence-corrected chi connectivity index (χ4v) is 1.92. The summed E-state index contributed by atoms with van der Waals surface area (Å²) >= 11 is 0. The number of hydrogen-bond acceptors (Lipinski definition) is 1. The zero-order valence-electron chi connectivity index (χ0n) is 10.6. The number of terminal acetylenes is 1. The lowest BCUT2D eigenvalue weighted by atomic mass is 10.0. The molecular weight excluding hydrogens is 218 g/mol. The van der Waals surface area contributed by atoms with E-state index >= 15 is 0 Å². The maximum atomic E-state index is 5.24. The molecule has 0 spiro atoms. The summed E-state index contributed by atoms with van der Waals surface area (Å²) in [6, 6.07) is 19.3. The van der Waals surface area contributed by atoms with Crippen LogP contribution in [0.2, 0.25) is 0 Å². The molecule has 0 radical (unpaired) electrons. The Morgan fingerprint density at radius 3 is 2.22 bits per heavy atom. The molecule has 1 nitrogen and oxygen atoms in total. The summed E-state index contributed by atoms with van der Waals surface area (Å²) in [5.41, 5.74) is 3.74. The summed E-state index contributed by atoms with van der Waals surface area (Å²) < 4.78 is 0. The smallest absolute Gasteiger partial charge is 0.0578 e. The highest BCUT2D eigenvalue weighted by atomic mass is 14.9. The first-order valence-electron chi connectivity index (χ1n) is 6.13. The third-order valence-corrected chi connectivity index (χ3v) is 3.03. The fraction of sp³-hybridized carbons (Fsp3) is 0.176. The third-order valence-electron chi connectivity index (χ3n) is 3.03. The van der Waals surface area contributed by atoms with Crippen LogP contribution in [0.5, 0.6) is 0 Å². The number of benzene rings is 2. The van der Waals surface area contributed by atoms with E-state index in [0.717, 1.165) is 0 Å². The van der Waals surface area contributed by atoms with Crippen molar-refractivity contribution in [3.8, 4) is 23.5 Å². The van der Waals surface area contributed by atoms with Gasteiger partial charge in [-0.05, 0) is 23.6 Å². The molecule has 0 fully saturated rings. The largest absolute Gasteiger partial charge is 0.300 e. The van der Waals surface area contributed by atoms with Crippen LogP contribution >= 0.6 is 0 Å². The van der Waals surface area contributed by atoms with Gasteiger partial charge in [0, 0.05) is 6.04 Å². The van der Waals surface area contributed by atoms with Crippen molar-refractivity contribution in [1.82, 2.24) is 5.32 Å². The predicted octanol–water partition coefficient (Wildman–Crippen LogP) is 3.64. The maximum Gasteiger partial charge on any atom is 0.0578 e. The molecule has 0 saturated heterocycles. The Morgan fingerprint density at radius 1 is 1.00 bits per heavy atom. The summed E-state index contributed by atoms with van der Waals surface area (Å²) in [6.45, 7) is 2.72. The van der Waals surface area contributed by atoms with E-state index in [-0.39, 0.29) is 6.04 Å². The minimum atomic E-state index is 0.283. The molecule has 18 heavy (non-hydrogen) atoms. The van der Waals surface area contributed by atoms with Crippen LogP contribution in [0.15, 0.2) is 54.6 Å². The van der Waals surface area contributed by atoms with Gasteiger partial charge in [0.15, 0.2) is 0 Å². The molecule has 0 aromatic heterocycles. The average Bonchev–Trinajstić information content (AvgIpc) is 2.46. The first kappa shape index (κ1) is 12.4. The van der Waals surface area contributed by atoms with E-state index in [0.29, 0.717) is 6.54 Å². The Hall–Kier alpha value is -2.04. The molecule has 0 aliphatic heterocycles. The lowest BCUT2D eigenvalue weighted by Gasteiger charge is -2.12. The summed E-state index contributed by atoms with van der Waals surface area (Å²) in [4.78, 5) is 0. The van der Waals surface area contributed by atoms with Crippen molar-refractivity contribution in [1.29, 1.82) is 0 Å². The number of rotatable bonds is 4. The first-order chi connectivity index (χ1) is 8.81. The lowest BCUT2D eigenvalue weighted by Crippen LogP contribution is -2.18. The highest BCUT2D eigenvalue weighted by Gasteiger charge is 2.03. The van der Waals surface area contributed by atoms with Crippen LogP contribution in [0, 0.1) is 12.3 Å². The molecule has 1 unspecified atom stereocenters. The van der Waals surface area contributed by atoms with Crippen LogP contribution in [0.3, 0.4) is 0 Å². The van der Waals surface area contributed by atoms with Gasteiger partial charge in [0.05, 0.1) is 6.54 Å². The zero-order chi connectivity index (χ0) is 12.8. The van der Waals surface area contributed by atoms with Crippen molar-refractivity contribution >= 4 is 0 Å². The van der Waals surface area contributed by atoms with Crippen LogP contribution in [0.1, 0.15) is 18.5 Å². The molecule has 0 heterocycles. The Morgan fingerprint density at radius 2 is 1.61 bits per heavy atom. The van der Waals surface area contributed by atoms with Crippen LogP contribution < -0.4 is 5.32 Å². The maximum absolute atomic E-state index is 5.24. The average molecular weight is 235 g/mol. The lowest BCUT2D eigenvalue weighted by molar-refractivity contribution is 0.623. The van der Waals surface area contributed by atoms with Gasteiger partial charge in [-0.25, -0.2) is 0 Å². The van der Waals surface area contributed by atoms with Gasteiger partial charge in [-0.15, -0.1) is 6.42 Å². The summed E-state index contributed by atoms with van der Waals surface area (Å²) in [5.74, 6) is 2.59. The Kier molecular flexibility index (Phi) is 4.17. The van der Waals surface area contributed by atoms with E-state index in [4.69, 9.17) is 6.42 Å². The molecule has 90 valence electrons. The second-order valence-corrected chi connectivity index (χ2v) is 4.29. The van der Waals surface area contributed by atoms with Crippen molar-refractivity contribution in [3.05, 3.63) is 60.2 Å². The summed E-state index contributed by atoms with van der Waals surface area (Å²) in [5, 5.41) is 3.27. The van der Waals surface area contributed by atoms with Gasteiger partial charge in [0.25, 0.3) is 0 Å². The van der Waals surface area contributed by atoms with E-state index in [1.165, 1.54) is 16.7 Å². The van der Waals surface area contributed by atoms with Crippen molar-refractivity contribution in [3.63, 3.8) is 0 Å². The van der Waals surface area contributed by atoms with Gasteiger partial charge in [-0.1, -0.05) is 60.5 Å². The summed E-state index contributed by atoms with van der Waals surface area (Å²) in [6.07, 6.45) is 5.24. The highest BCUT2D eigenvalue weighted by molar-refractivity contribution is 5.63. The van der Waals surface area contributed by atoms with Gasteiger partial charge in [0.1, 0.15) is 0 Å². The van der Waals surface area contributed by atoms with E-state index in [2.05, 4.69) is 66.7 Å². The Labute approximate surface area is 109 Å². The summed E-state index contributed by atoms with van der Waals surface area (Å²) in [7, 11) is 0. The predicted molar refractivity (Wildman–Crippen MR) is 77.1 cm³/mol. The molecule has 0 saturated carbocycles. The molecule has 1 N–H and O–H groups in total. The van der Waals surface area contributed by atoms with Crippen LogP contribution in [0.25, 0.3) is 11.1 Å². The van der Waals surface area contributed by atoms with E-state index in [9.17, 15) is 0 Å². The molecule has 2 aromatic rings. The number of hydrogen-bond donors (Lipinski definition) is 1. The molecule has 2 aromatic carbocycles. The first-order valence-corrected chi connectivity index (χ1v) is 6.13. The van der Waals surface area contributed by atoms with Crippen LogP contribution in [-0.2, 0) is 0 Å². The second kappa shape index (κ2) is 6.05. The molecule has 0 aliphatic rings. The topological polar surface area (TPSA) is 12.0 Å². The van der Waals surface area contributed by atoms with Crippen molar-refractivity contribution in [2.24, 2.45) is 0 Å². The molecule has 2 rings (SSSR count). The van der Waals surface area contributed by atoms with Crippen LogP contribution in [-0.4, -0.2) is 6.54 Å². The SMILES string of the molecule is C#CCNC(C)c1ccc(-c2ccccc2)cc1. The van der Waals surface area contributed by atoms with Crippen LogP contribution in [0.4, 0.5) is 0 Å². The van der Waals surface area contributed by atoms with Crippen molar-refractivity contribution in [2.45, 2.75) is 13.0 Å². The van der Waals surface area contributed by atoms with Gasteiger partial charge >= 0.3 is 0 Å². The van der Waals surface area contributed by atoms with E-state index < -0.39 is 0 Å². The van der Waals surface area contributed by atoms with Gasteiger partial charge in [0.2, 0.25) is 0 Å².